The summed E-state index contributed by atoms with van der Waals surface area (Å²) < 4.78 is 11.0. The average Bonchev–Trinajstić information content (AvgIpc) is 2.98. The number of rotatable bonds is 9. The molecule has 0 saturated heterocycles. The molecule has 0 aliphatic rings. The van der Waals surface area contributed by atoms with E-state index in [-0.39, 0.29) is 0 Å². The summed E-state index contributed by atoms with van der Waals surface area (Å²) in [6.45, 7) is 8.83. The van der Waals surface area contributed by atoms with Crippen LogP contribution < -0.4 is 0 Å². The van der Waals surface area contributed by atoms with Crippen LogP contribution in [0, 0.1) is 6.92 Å². The minimum absolute atomic E-state index is 0.602. The maximum Gasteiger partial charge on any atom is 0.135 e. The minimum atomic E-state index is -0.948. The Labute approximate surface area is 145 Å². The van der Waals surface area contributed by atoms with Gasteiger partial charge in [0.2, 0.25) is 0 Å². The second-order valence-corrected chi connectivity index (χ2v) is 6.87. The predicted octanol–water partition coefficient (Wildman–Crippen LogP) is 3.85. The second-order valence-electron chi connectivity index (χ2n) is 6.87. The molecule has 0 aliphatic carbocycles. The van der Waals surface area contributed by atoms with Crippen LogP contribution in [0.5, 0.6) is 0 Å². The van der Waals surface area contributed by atoms with E-state index < -0.39 is 5.60 Å². The van der Waals surface area contributed by atoms with Crippen molar-refractivity contribution in [3.63, 3.8) is 0 Å². The Hall–Kier alpha value is -1.62. The van der Waals surface area contributed by atoms with Crippen LogP contribution in [0.3, 0.4) is 0 Å². The highest BCUT2D eigenvalue weighted by Crippen LogP contribution is 2.23. The van der Waals surface area contributed by atoms with Crippen LogP contribution in [0.1, 0.15) is 42.9 Å². The lowest BCUT2D eigenvalue weighted by Gasteiger charge is -2.21. The van der Waals surface area contributed by atoms with Crippen molar-refractivity contribution in [3.05, 3.63) is 59.0 Å². The molecule has 1 aromatic heterocycles. The molecule has 0 unspecified atom stereocenters. The van der Waals surface area contributed by atoms with E-state index >= 15 is 0 Å². The number of benzene rings is 1. The maximum atomic E-state index is 10.0. The molecule has 24 heavy (non-hydrogen) atoms. The second kappa shape index (κ2) is 8.47. The maximum absolute atomic E-state index is 10.0. The summed E-state index contributed by atoms with van der Waals surface area (Å²) >= 11 is 0. The van der Waals surface area contributed by atoms with Gasteiger partial charge < -0.3 is 14.3 Å². The molecule has 1 heterocycles. The zero-order valence-electron chi connectivity index (χ0n) is 15.2. The third-order valence-corrected chi connectivity index (χ3v) is 3.99. The highest BCUT2D eigenvalue weighted by Gasteiger charge is 2.21. The van der Waals surface area contributed by atoms with E-state index in [0.29, 0.717) is 12.3 Å². The van der Waals surface area contributed by atoms with Gasteiger partial charge >= 0.3 is 0 Å². The van der Waals surface area contributed by atoms with E-state index in [1.807, 2.05) is 12.1 Å². The number of aryl methyl sites for hydroxylation is 1. The lowest BCUT2D eigenvalue weighted by Crippen LogP contribution is -2.24. The molecule has 2 rings (SSSR count). The van der Waals surface area contributed by atoms with Gasteiger partial charge in [-0.3, -0.25) is 4.90 Å². The normalized spacial score (nSPS) is 12.1. The fourth-order valence-electron chi connectivity index (χ4n) is 2.61. The summed E-state index contributed by atoms with van der Waals surface area (Å²) in [4.78, 5) is 2.34. The van der Waals surface area contributed by atoms with Gasteiger partial charge in [0.25, 0.3) is 0 Å². The van der Waals surface area contributed by atoms with Gasteiger partial charge in [-0.1, -0.05) is 29.8 Å². The van der Waals surface area contributed by atoms with Gasteiger partial charge in [-0.25, -0.2) is 0 Å². The first-order valence-corrected chi connectivity index (χ1v) is 8.47. The lowest BCUT2D eigenvalue weighted by molar-refractivity contribution is 0.0514. The fourth-order valence-corrected chi connectivity index (χ4v) is 2.61. The van der Waals surface area contributed by atoms with Gasteiger partial charge in [-0.15, -0.1) is 0 Å². The summed E-state index contributed by atoms with van der Waals surface area (Å²) in [5, 5.41) is 10.0. The van der Waals surface area contributed by atoms with E-state index in [4.69, 9.17) is 9.15 Å². The summed E-state index contributed by atoms with van der Waals surface area (Å²) in [5.74, 6) is 1.47. The molecule has 0 aliphatic heterocycles. The van der Waals surface area contributed by atoms with Crippen LogP contribution in [0.25, 0.3) is 0 Å². The number of methoxy groups -OCH3 is 1. The van der Waals surface area contributed by atoms with E-state index in [1.165, 1.54) is 11.1 Å². The molecule has 0 atom stereocenters. The third-order valence-electron chi connectivity index (χ3n) is 3.99. The number of hydrogen-bond acceptors (Lipinski definition) is 4. The van der Waals surface area contributed by atoms with Crippen LogP contribution in [0.15, 0.2) is 40.8 Å². The molecular formula is C20H29NO3. The van der Waals surface area contributed by atoms with Crippen LogP contribution in [0.4, 0.5) is 0 Å². The van der Waals surface area contributed by atoms with Crippen molar-refractivity contribution >= 4 is 0 Å². The number of aliphatic hydroxyl groups is 1. The van der Waals surface area contributed by atoms with Gasteiger partial charge in [-0.2, -0.15) is 0 Å². The van der Waals surface area contributed by atoms with Crippen molar-refractivity contribution < 1.29 is 14.3 Å². The SMILES string of the molecule is COCCCN(Cc1ccc(C)cc1)Cc1ccc(C(C)(C)O)o1. The summed E-state index contributed by atoms with van der Waals surface area (Å²) in [6, 6.07) is 12.4. The van der Waals surface area contributed by atoms with Crippen LogP contribution in [-0.4, -0.2) is 30.3 Å². The molecule has 0 saturated carbocycles. The van der Waals surface area contributed by atoms with E-state index in [2.05, 4.69) is 36.1 Å². The molecule has 132 valence electrons. The molecule has 0 bridgehead atoms. The molecule has 0 radical (unpaired) electrons. The topological polar surface area (TPSA) is 45.8 Å². The Morgan fingerprint density at radius 3 is 2.38 bits per heavy atom. The standard InChI is InChI=1S/C20H29NO3/c1-16-6-8-17(9-7-16)14-21(12-5-13-23-4)15-18-10-11-19(24-18)20(2,3)22/h6-11,22H,5,12-15H2,1-4H3. The zero-order valence-corrected chi connectivity index (χ0v) is 15.2. The number of ether oxygens (including phenoxy) is 1. The molecule has 4 heteroatoms. The quantitative estimate of drug-likeness (QED) is 0.709. The summed E-state index contributed by atoms with van der Waals surface area (Å²) in [7, 11) is 1.73. The summed E-state index contributed by atoms with van der Waals surface area (Å²) in [5.41, 5.74) is 1.61. The van der Waals surface area contributed by atoms with Crippen molar-refractivity contribution in [2.75, 3.05) is 20.3 Å². The Kier molecular flexibility index (Phi) is 6.60. The third kappa shape index (κ3) is 5.78. The minimum Gasteiger partial charge on any atom is -0.462 e. The molecular weight excluding hydrogens is 302 g/mol. The van der Waals surface area contributed by atoms with Gasteiger partial charge in [0.15, 0.2) is 0 Å². The highest BCUT2D eigenvalue weighted by atomic mass is 16.5. The predicted molar refractivity (Wildman–Crippen MR) is 95.7 cm³/mol. The van der Waals surface area contributed by atoms with E-state index in [0.717, 1.165) is 31.9 Å². The Morgan fingerprint density at radius 2 is 1.79 bits per heavy atom. The highest BCUT2D eigenvalue weighted by molar-refractivity contribution is 5.21. The van der Waals surface area contributed by atoms with Crippen LogP contribution in [0.2, 0.25) is 0 Å². The molecule has 4 nitrogen and oxygen atoms in total. The fraction of sp³-hybridized carbons (Fsp3) is 0.500. The largest absolute Gasteiger partial charge is 0.462 e. The van der Waals surface area contributed by atoms with Gasteiger partial charge in [-0.05, 0) is 44.9 Å². The van der Waals surface area contributed by atoms with Crippen molar-refractivity contribution in [3.8, 4) is 0 Å². The lowest BCUT2D eigenvalue weighted by atomic mass is 10.1. The van der Waals surface area contributed by atoms with Crippen LogP contribution >= 0.6 is 0 Å². The molecule has 0 spiro atoms. The van der Waals surface area contributed by atoms with Crippen molar-refractivity contribution in [1.82, 2.24) is 4.90 Å². The van der Waals surface area contributed by atoms with Crippen molar-refractivity contribution in [1.29, 1.82) is 0 Å². The summed E-state index contributed by atoms with van der Waals surface area (Å²) in [6.07, 6.45) is 0.974. The number of furan rings is 1. The molecule has 0 fully saturated rings. The van der Waals surface area contributed by atoms with Gasteiger partial charge in [0.1, 0.15) is 17.1 Å². The van der Waals surface area contributed by atoms with Crippen molar-refractivity contribution in [2.24, 2.45) is 0 Å². The first-order valence-electron chi connectivity index (χ1n) is 8.47. The van der Waals surface area contributed by atoms with Gasteiger partial charge in [0.05, 0.1) is 6.54 Å². The zero-order chi connectivity index (χ0) is 17.6. The first kappa shape index (κ1) is 18.7. The van der Waals surface area contributed by atoms with Gasteiger partial charge in [0, 0.05) is 26.8 Å². The smallest absolute Gasteiger partial charge is 0.135 e. The number of hydrogen-bond donors (Lipinski definition) is 1. The van der Waals surface area contributed by atoms with Crippen molar-refractivity contribution in [2.45, 2.75) is 45.9 Å². The Balaban J connectivity index is 2.04. The Bertz CT molecular complexity index is 611. The van der Waals surface area contributed by atoms with E-state index in [1.54, 1.807) is 21.0 Å². The Morgan fingerprint density at radius 1 is 1.08 bits per heavy atom. The van der Waals surface area contributed by atoms with E-state index in [9.17, 15) is 5.11 Å². The van der Waals surface area contributed by atoms with Crippen LogP contribution in [-0.2, 0) is 23.4 Å². The number of nitrogens with zero attached hydrogens (tertiary/aromatic N) is 1. The average molecular weight is 331 g/mol. The first-order chi connectivity index (χ1) is 11.4. The molecule has 0 amide bonds. The molecule has 1 N–H and O–H groups in total. The molecule has 2 aromatic rings. The monoisotopic (exact) mass is 331 g/mol. The molecule has 1 aromatic carbocycles.